The molecular weight excluding hydrogens is 289 g/mol. The summed E-state index contributed by atoms with van der Waals surface area (Å²) in [5.74, 6) is -2.69. The predicted octanol–water partition coefficient (Wildman–Crippen LogP) is 1.69. The first-order valence-electron chi connectivity index (χ1n) is 5.86. The zero-order valence-corrected chi connectivity index (χ0v) is 11.9. The number of hydrogen-bond donors (Lipinski definition) is 2. The highest BCUT2D eigenvalue weighted by atomic mass is 32.2. The van der Waals surface area contributed by atoms with Gasteiger partial charge >= 0.3 is 5.97 Å². The minimum Gasteiger partial charge on any atom is -0.478 e. The highest BCUT2D eigenvalue weighted by molar-refractivity contribution is 7.92. The van der Waals surface area contributed by atoms with E-state index in [2.05, 4.69) is 4.72 Å². The van der Waals surface area contributed by atoms with Crippen LogP contribution in [0.2, 0.25) is 0 Å². The molecule has 8 heteroatoms. The van der Waals surface area contributed by atoms with E-state index in [1.165, 1.54) is 6.07 Å². The summed E-state index contributed by atoms with van der Waals surface area (Å²) in [5.41, 5.74) is -0.548. The van der Waals surface area contributed by atoms with Gasteiger partial charge in [0, 0.05) is 0 Å². The van der Waals surface area contributed by atoms with Gasteiger partial charge in [-0.3, -0.25) is 4.72 Å². The van der Waals surface area contributed by atoms with Gasteiger partial charge in [0.2, 0.25) is 10.0 Å². The van der Waals surface area contributed by atoms with Crippen molar-refractivity contribution >= 4 is 21.7 Å². The molecule has 0 aliphatic rings. The third-order valence-electron chi connectivity index (χ3n) is 2.28. The van der Waals surface area contributed by atoms with Crippen LogP contribution in [-0.2, 0) is 14.8 Å². The van der Waals surface area contributed by atoms with Crippen LogP contribution in [0.25, 0.3) is 0 Å². The second kappa shape index (κ2) is 6.67. The SMILES string of the molecule is CC(C)OCCS(=O)(=O)Nc1ccc(C(=O)O)c(F)c1. The maximum atomic E-state index is 13.4. The molecule has 0 saturated carbocycles. The molecule has 0 heterocycles. The summed E-state index contributed by atoms with van der Waals surface area (Å²) in [6, 6.07) is 3.01. The lowest BCUT2D eigenvalue weighted by Gasteiger charge is -2.10. The monoisotopic (exact) mass is 305 g/mol. The standard InChI is InChI=1S/C12H16FNO5S/c1-8(2)19-5-6-20(17,18)14-9-3-4-10(12(15)16)11(13)7-9/h3-4,7-8,14H,5-6H2,1-2H3,(H,15,16). The van der Waals surface area contributed by atoms with Gasteiger partial charge < -0.3 is 9.84 Å². The first kappa shape index (κ1) is 16.4. The Hall–Kier alpha value is -1.67. The molecule has 0 unspecified atom stereocenters. The summed E-state index contributed by atoms with van der Waals surface area (Å²) in [7, 11) is -3.67. The average Bonchev–Trinajstić information content (AvgIpc) is 2.26. The zero-order valence-electron chi connectivity index (χ0n) is 11.1. The van der Waals surface area contributed by atoms with Crippen molar-refractivity contribution in [1.82, 2.24) is 0 Å². The summed E-state index contributed by atoms with van der Waals surface area (Å²) in [6.07, 6.45) is -0.0857. The maximum Gasteiger partial charge on any atom is 0.338 e. The Morgan fingerprint density at radius 2 is 2.10 bits per heavy atom. The Balaban J connectivity index is 2.73. The third-order valence-corrected chi connectivity index (χ3v) is 3.53. The smallest absolute Gasteiger partial charge is 0.338 e. The van der Waals surface area contributed by atoms with Crippen molar-refractivity contribution in [3.8, 4) is 0 Å². The molecule has 0 saturated heterocycles. The molecule has 0 aliphatic heterocycles. The minimum absolute atomic E-state index is 0.0166. The molecule has 0 atom stereocenters. The topological polar surface area (TPSA) is 92.7 Å². The molecule has 0 fully saturated rings. The number of carboxylic acid groups (broad SMARTS) is 1. The number of anilines is 1. The second-order valence-corrected chi connectivity index (χ2v) is 6.18. The normalized spacial score (nSPS) is 11.6. The molecule has 2 N–H and O–H groups in total. The lowest BCUT2D eigenvalue weighted by molar-refractivity contribution is 0.0692. The van der Waals surface area contributed by atoms with Crippen LogP contribution < -0.4 is 4.72 Å². The molecular formula is C12H16FNO5S. The number of carbonyl (C=O) groups is 1. The quantitative estimate of drug-likeness (QED) is 0.799. The summed E-state index contributed by atoms with van der Waals surface area (Å²) in [5, 5.41) is 8.66. The molecule has 1 rings (SSSR count). The molecule has 0 aromatic heterocycles. The number of aromatic carboxylic acids is 1. The van der Waals surface area contributed by atoms with Crippen LogP contribution in [0.1, 0.15) is 24.2 Å². The van der Waals surface area contributed by atoms with Crippen molar-refractivity contribution in [3.63, 3.8) is 0 Å². The Kier molecular flexibility index (Phi) is 5.46. The van der Waals surface area contributed by atoms with Crippen LogP contribution in [0, 0.1) is 5.82 Å². The Morgan fingerprint density at radius 3 is 2.60 bits per heavy atom. The summed E-state index contributed by atoms with van der Waals surface area (Å²) in [6.45, 7) is 3.57. The first-order valence-corrected chi connectivity index (χ1v) is 7.51. The van der Waals surface area contributed by atoms with E-state index in [-0.39, 0.29) is 24.2 Å². The van der Waals surface area contributed by atoms with E-state index in [1.54, 1.807) is 13.8 Å². The second-order valence-electron chi connectivity index (χ2n) is 4.34. The third kappa shape index (κ3) is 5.14. The molecule has 0 spiro atoms. The lowest BCUT2D eigenvalue weighted by atomic mass is 10.2. The van der Waals surface area contributed by atoms with Crippen molar-refractivity contribution in [2.24, 2.45) is 0 Å². The number of benzene rings is 1. The number of ether oxygens (including phenoxy) is 1. The van der Waals surface area contributed by atoms with Gasteiger partial charge in [-0.2, -0.15) is 0 Å². The fourth-order valence-corrected chi connectivity index (χ4v) is 2.28. The number of rotatable bonds is 7. The van der Waals surface area contributed by atoms with E-state index in [1.807, 2.05) is 0 Å². The van der Waals surface area contributed by atoms with Gasteiger partial charge in [0.25, 0.3) is 0 Å². The molecule has 1 aromatic carbocycles. The Labute approximate surface area is 116 Å². The fourth-order valence-electron chi connectivity index (χ4n) is 1.38. The number of carboxylic acids is 1. The average molecular weight is 305 g/mol. The van der Waals surface area contributed by atoms with Crippen molar-refractivity contribution in [3.05, 3.63) is 29.6 Å². The summed E-state index contributed by atoms with van der Waals surface area (Å²) >= 11 is 0. The zero-order chi connectivity index (χ0) is 15.3. The first-order chi connectivity index (χ1) is 9.21. The molecule has 0 bridgehead atoms. The molecule has 1 aromatic rings. The van der Waals surface area contributed by atoms with E-state index in [4.69, 9.17) is 9.84 Å². The number of halogens is 1. The van der Waals surface area contributed by atoms with E-state index >= 15 is 0 Å². The van der Waals surface area contributed by atoms with Crippen LogP contribution in [0.15, 0.2) is 18.2 Å². The number of hydrogen-bond acceptors (Lipinski definition) is 4. The lowest BCUT2D eigenvalue weighted by Crippen LogP contribution is -2.21. The Morgan fingerprint density at radius 1 is 1.45 bits per heavy atom. The van der Waals surface area contributed by atoms with Gasteiger partial charge in [0.1, 0.15) is 5.82 Å². The summed E-state index contributed by atoms with van der Waals surface area (Å²) < 4.78 is 44.0. The van der Waals surface area contributed by atoms with E-state index in [9.17, 15) is 17.6 Å². The van der Waals surface area contributed by atoms with Crippen LogP contribution in [0.5, 0.6) is 0 Å². The van der Waals surface area contributed by atoms with Crippen LogP contribution in [0.4, 0.5) is 10.1 Å². The maximum absolute atomic E-state index is 13.4. The fraction of sp³-hybridized carbons (Fsp3) is 0.417. The summed E-state index contributed by atoms with van der Waals surface area (Å²) in [4.78, 5) is 10.6. The largest absolute Gasteiger partial charge is 0.478 e. The van der Waals surface area contributed by atoms with Crippen molar-refractivity contribution in [2.75, 3.05) is 17.1 Å². The molecule has 6 nitrogen and oxygen atoms in total. The van der Waals surface area contributed by atoms with Gasteiger partial charge in [-0.15, -0.1) is 0 Å². The molecule has 0 radical (unpaired) electrons. The van der Waals surface area contributed by atoms with Gasteiger partial charge in [-0.25, -0.2) is 17.6 Å². The van der Waals surface area contributed by atoms with E-state index in [0.29, 0.717) is 0 Å². The van der Waals surface area contributed by atoms with Gasteiger partial charge in [0.15, 0.2) is 0 Å². The molecule has 112 valence electrons. The minimum atomic E-state index is -3.67. The van der Waals surface area contributed by atoms with Crippen molar-refractivity contribution in [2.45, 2.75) is 20.0 Å². The van der Waals surface area contributed by atoms with Gasteiger partial charge in [-0.05, 0) is 32.0 Å². The predicted molar refractivity (Wildman–Crippen MR) is 71.9 cm³/mol. The highest BCUT2D eigenvalue weighted by Gasteiger charge is 2.14. The van der Waals surface area contributed by atoms with Gasteiger partial charge in [0.05, 0.1) is 29.7 Å². The van der Waals surface area contributed by atoms with Gasteiger partial charge in [-0.1, -0.05) is 0 Å². The van der Waals surface area contributed by atoms with Crippen molar-refractivity contribution < 1.29 is 27.4 Å². The van der Waals surface area contributed by atoms with Crippen LogP contribution in [-0.4, -0.2) is 38.0 Å². The van der Waals surface area contributed by atoms with Crippen LogP contribution >= 0.6 is 0 Å². The van der Waals surface area contributed by atoms with Crippen molar-refractivity contribution in [1.29, 1.82) is 0 Å². The van der Waals surface area contributed by atoms with Crippen LogP contribution in [0.3, 0.4) is 0 Å². The number of nitrogens with one attached hydrogen (secondary N) is 1. The molecule has 0 amide bonds. The Bertz CT molecular complexity index is 586. The molecule has 0 aliphatic carbocycles. The number of sulfonamides is 1. The highest BCUT2D eigenvalue weighted by Crippen LogP contribution is 2.16. The molecule has 20 heavy (non-hydrogen) atoms. The van der Waals surface area contributed by atoms with E-state index in [0.717, 1.165) is 12.1 Å². The van der Waals surface area contributed by atoms with E-state index < -0.39 is 27.4 Å².